The van der Waals surface area contributed by atoms with Crippen molar-refractivity contribution in [1.82, 2.24) is 0 Å². The van der Waals surface area contributed by atoms with Crippen LogP contribution >= 0.6 is 0 Å². The molecule has 1 aromatic rings. The molecule has 1 fully saturated rings. The molecule has 3 aliphatic rings. The van der Waals surface area contributed by atoms with Gasteiger partial charge in [0.2, 0.25) is 0 Å². The van der Waals surface area contributed by atoms with E-state index in [1.54, 1.807) is 27.8 Å². The van der Waals surface area contributed by atoms with Gasteiger partial charge in [-0.05, 0) is 121 Å². The maximum Gasteiger partial charge on any atom is -0.0102 e. The summed E-state index contributed by atoms with van der Waals surface area (Å²) in [5.41, 5.74) is 9.11. The molecule has 0 radical (unpaired) electrons. The molecule has 0 saturated heterocycles. The predicted octanol–water partition coefficient (Wildman–Crippen LogP) is 7.80. The van der Waals surface area contributed by atoms with Crippen LogP contribution in [0.1, 0.15) is 100 Å². The molecule has 5 atom stereocenters. The molecule has 1 aromatic carbocycles. The Morgan fingerprint density at radius 3 is 2.46 bits per heavy atom. The molecular formula is C28H42. The van der Waals surface area contributed by atoms with E-state index in [0.717, 1.165) is 17.8 Å². The Kier molecular flexibility index (Phi) is 5.54. The van der Waals surface area contributed by atoms with Crippen LogP contribution in [0, 0.1) is 36.0 Å². The van der Waals surface area contributed by atoms with Crippen molar-refractivity contribution in [2.75, 3.05) is 0 Å². The first kappa shape index (κ1) is 20.2. The number of rotatable bonds is 4. The molecule has 0 nitrogen and oxygen atoms in total. The zero-order chi connectivity index (χ0) is 20.1. The Morgan fingerprint density at radius 1 is 0.964 bits per heavy atom. The van der Waals surface area contributed by atoms with Gasteiger partial charge in [0, 0.05) is 0 Å². The molecule has 0 amide bonds. The summed E-state index contributed by atoms with van der Waals surface area (Å²) in [6.45, 7) is 14.6. The third-order valence-corrected chi connectivity index (χ3v) is 9.20. The molecule has 3 aliphatic carbocycles. The Balaban J connectivity index is 1.62. The lowest BCUT2D eigenvalue weighted by atomic mass is 9.60. The van der Waals surface area contributed by atoms with Crippen LogP contribution in [-0.2, 0) is 19.3 Å². The fourth-order valence-electron chi connectivity index (χ4n) is 6.93. The van der Waals surface area contributed by atoms with Crippen LogP contribution in [0.2, 0.25) is 0 Å². The number of hydrogen-bond donors (Lipinski definition) is 0. The fraction of sp³-hybridized carbons (Fsp3) is 0.714. The van der Waals surface area contributed by atoms with E-state index < -0.39 is 0 Å². The van der Waals surface area contributed by atoms with E-state index in [0.29, 0.717) is 17.3 Å². The summed E-state index contributed by atoms with van der Waals surface area (Å²) in [5.74, 6) is 3.78. The normalized spacial score (nSPS) is 31.5. The average Bonchev–Trinajstić information content (AvgIpc) is 3.03. The van der Waals surface area contributed by atoms with Crippen molar-refractivity contribution in [3.63, 3.8) is 0 Å². The molecule has 0 aliphatic heterocycles. The minimum atomic E-state index is 0.493. The number of aryl methyl sites for hydroxylation is 1. The SMILES string of the molecule is Cc1c2c(cc3c1CC[C@]1(C)[C@@H]([C@H](C)/C=C/[C@H](C)C(C)C)CC[C@@H]31)CCCC2. The van der Waals surface area contributed by atoms with Gasteiger partial charge in [0.1, 0.15) is 0 Å². The highest BCUT2D eigenvalue weighted by molar-refractivity contribution is 5.50. The molecule has 0 N–H and O–H groups in total. The van der Waals surface area contributed by atoms with Gasteiger partial charge in [-0.25, -0.2) is 0 Å². The lowest BCUT2D eigenvalue weighted by Crippen LogP contribution is -2.35. The van der Waals surface area contributed by atoms with Gasteiger partial charge in [-0.3, -0.25) is 0 Å². The second-order valence-corrected chi connectivity index (χ2v) is 11.0. The van der Waals surface area contributed by atoms with Gasteiger partial charge in [0.25, 0.3) is 0 Å². The van der Waals surface area contributed by atoms with Crippen LogP contribution in [0.5, 0.6) is 0 Å². The van der Waals surface area contributed by atoms with Crippen LogP contribution in [0.15, 0.2) is 18.2 Å². The van der Waals surface area contributed by atoms with Crippen molar-refractivity contribution < 1.29 is 0 Å². The predicted molar refractivity (Wildman–Crippen MR) is 122 cm³/mol. The second-order valence-electron chi connectivity index (χ2n) is 11.0. The summed E-state index contributed by atoms with van der Waals surface area (Å²) in [6.07, 6.45) is 16.0. The van der Waals surface area contributed by atoms with Crippen LogP contribution in [0.25, 0.3) is 0 Å². The maximum atomic E-state index is 2.68. The molecule has 4 rings (SSSR count). The van der Waals surface area contributed by atoms with Crippen LogP contribution < -0.4 is 0 Å². The van der Waals surface area contributed by atoms with Gasteiger partial charge >= 0.3 is 0 Å². The Hall–Kier alpha value is -1.04. The first-order valence-corrected chi connectivity index (χ1v) is 12.2. The summed E-state index contributed by atoms with van der Waals surface area (Å²) in [6, 6.07) is 2.68. The minimum Gasteiger partial charge on any atom is -0.0852 e. The highest BCUT2D eigenvalue weighted by Gasteiger charge is 2.50. The van der Waals surface area contributed by atoms with Crippen molar-refractivity contribution in [2.24, 2.45) is 29.1 Å². The Morgan fingerprint density at radius 2 is 1.71 bits per heavy atom. The first-order valence-electron chi connectivity index (χ1n) is 12.2. The number of hydrogen-bond acceptors (Lipinski definition) is 0. The van der Waals surface area contributed by atoms with Crippen molar-refractivity contribution in [3.05, 3.63) is 46.0 Å². The van der Waals surface area contributed by atoms with Gasteiger partial charge in [0.05, 0.1) is 0 Å². The van der Waals surface area contributed by atoms with E-state index in [-0.39, 0.29) is 0 Å². The monoisotopic (exact) mass is 378 g/mol. The van der Waals surface area contributed by atoms with Gasteiger partial charge in [-0.15, -0.1) is 0 Å². The molecule has 0 heterocycles. The zero-order valence-corrected chi connectivity index (χ0v) is 19.3. The van der Waals surface area contributed by atoms with Gasteiger partial charge < -0.3 is 0 Å². The van der Waals surface area contributed by atoms with E-state index >= 15 is 0 Å². The largest absolute Gasteiger partial charge is 0.0852 e. The van der Waals surface area contributed by atoms with Gasteiger partial charge in [0.15, 0.2) is 0 Å². The summed E-state index contributed by atoms with van der Waals surface area (Å²) >= 11 is 0. The third-order valence-electron chi connectivity index (χ3n) is 9.20. The van der Waals surface area contributed by atoms with E-state index in [9.17, 15) is 0 Å². The van der Waals surface area contributed by atoms with Crippen LogP contribution in [0.4, 0.5) is 0 Å². The maximum absolute atomic E-state index is 2.68. The second kappa shape index (κ2) is 7.66. The topological polar surface area (TPSA) is 0 Å². The van der Waals surface area contributed by atoms with Crippen molar-refractivity contribution in [1.29, 1.82) is 0 Å². The summed E-state index contributed by atoms with van der Waals surface area (Å²) in [4.78, 5) is 0. The molecule has 1 saturated carbocycles. The standard InChI is InChI=1S/C28H42/c1-18(2)19(3)11-12-20(4)26-13-14-27-25-17-22-9-7-8-10-23(22)21(5)24(25)15-16-28(26,27)6/h11-12,17-20,26-27H,7-10,13-16H2,1-6H3/b12-11+/t19-,20+,26+,27-,28+/m0/s1. The first-order chi connectivity index (χ1) is 13.3. The molecule has 28 heavy (non-hydrogen) atoms. The Bertz CT molecular complexity index is 752. The molecular weight excluding hydrogens is 336 g/mol. The summed E-state index contributed by atoms with van der Waals surface area (Å²) in [7, 11) is 0. The van der Waals surface area contributed by atoms with Crippen LogP contribution in [0.3, 0.4) is 0 Å². The molecule has 0 spiro atoms. The fourth-order valence-corrected chi connectivity index (χ4v) is 6.93. The van der Waals surface area contributed by atoms with E-state index in [1.807, 2.05) is 0 Å². The average molecular weight is 379 g/mol. The number of benzene rings is 1. The van der Waals surface area contributed by atoms with E-state index in [1.165, 1.54) is 51.4 Å². The van der Waals surface area contributed by atoms with Gasteiger partial charge in [-0.1, -0.05) is 52.8 Å². The number of fused-ring (bicyclic) bond motifs is 4. The molecule has 0 aromatic heterocycles. The summed E-state index contributed by atoms with van der Waals surface area (Å²) in [5, 5.41) is 0. The minimum absolute atomic E-state index is 0.493. The van der Waals surface area contributed by atoms with Crippen LogP contribution in [-0.4, -0.2) is 0 Å². The zero-order valence-electron chi connectivity index (χ0n) is 19.3. The van der Waals surface area contributed by atoms with E-state index in [4.69, 9.17) is 0 Å². The quantitative estimate of drug-likeness (QED) is 0.469. The lowest BCUT2D eigenvalue weighted by Gasteiger charge is -2.44. The third kappa shape index (κ3) is 3.29. The van der Waals surface area contributed by atoms with Crippen molar-refractivity contribution >= 4 is 0 Å². The highest BCUT2D eigenvalue weighted by atomic mass is 14.5. The van der Waals surface area contributed by atoms with E-state index in [2.05, 4.69) is 59.8 Å². The highest BCUT2D eigenvalue weighted by Crippen LogP contribution is 2.61. The molecule has 0 bridgehead atoms. The van der Waals surface area contributed by atoms with Crippen molar-refractivity contribution in [3.8, 4) is 0 Å². The summed E-state index contributed by atoms with van der Waals surface area (Å²) < 4.78 is 0. The number of allylic oxidation sites excluding steroid dienone is 2. The lowest BCUT2D eigenvalue weighted by molar-refractivity contribution is 0.142. The molecule has 0 heteroatoms. The van der Waals surface area contributed by atoms with Gasteiger partial charge in [-0.2, -0.15) is 0 Å². The van der Waals surface area contributed by atoms with Crippen molar-refractivity contribution in [2.45, 2.75) is 98.8 Å². The molecule has 154 valence electrons. The Labute approximate surface area is 174 Å². The molecule has 0 unspecified atom stereocenters. The smallest absolute Gasteiger partial charge is 0.0102 e.